The quantitative estimate of drug-likeness (QED) is 0.732. The van der Waals surface area contributed by atoms with Crippen LogP contribution in [0.3, 0.4) is 0 Å². The summed E-state index contributed by atoms with van der Waals surface area (Å²) in [7, 11) is 0. The molecule has 23 heavy (non-hydrogen) atoms. The molecule has 1 N–H and O–H groups in total. The van der Waals surface area contributed by atoms with Crippen molar-refractivity contribution in [3.8, 4) is 10.4 Å². The SMILES string of the molecule is O=c1c2cc(-c3ccccc3)sc2[nH]c(=S)n1CC1CCCO1. The van der Waals surface area contributed by atoms with E-state index < -0.39 is 0 Å². The molecule has 0 saturated carbocycles. The largest absolute Gasteiger partial charge is 0.376 e. The van der Waals surface area contributed by atoms with Crippen molar-refractivity contribution in [1.82, 2.24) is 9.55 Å². The van der Waals surface area contributed by atoms with Gasteiger partial charge in [-0.3, -0.25) is 9.36 Å². The van der Waals surface area contributed by atoms with Crippen molar-refractivity contribution >= 4 is 33.8 Å². The lowest BCUT2D eigenvalue weighted by atomic mass is 10.2. The molecule has 4 rings (SSSR count). The van der Waals surface area contributed by atoms with E-state index in [1.165, 1.54) is 0 Å². The van der Waals surface area contributed by atoms with E-state index in [2.05, 4.69) is 4.98 Å². The van der Waals surface area contributed by atoms with E-state index in [1.807, 2.05) is 36.4 Å². The number of ether oxygens (including phenoxy) is 1. The Morgan fingerprint density at radius 2 is 2.17 bits per heavy atom. The van der Waals surface area contributed by atoms with E-state index in [-0.39, 0.29) is 11.7 Å². The second-order valence-electron chi connectivity index (χ2n) is 5.70. The number of nitrogens with one attached hydrogen (secondary N) is 1. The van der Waals surface area contributed by atoms with E-state index in [0.717, 1.165) is 34.7 Å². The molecule has 118 valence electrons. The molecule has 0 bridgehead atoms. The van der Waals surface area contributed by atoms with Crippen LogP contribution in [0.15, 0.2) is 41.2 Å². The lowest BCUT2D eigenvalue weighted by Crippen LogP contribution is -2.27. The Morgan fingerprint density at radius 1 is 1.35 bits per heavy atom. The maximum Gasteiger partial charge on any atom is 0.263 e. The van der Waals surface area contributed by atoms with Gasteiger partial charge in [-0.15, -0.1) is 11.3 Å². The summed E-state index contributed by atoms with van der Waals surface area (Å²) < 4.78 is 7.74. The van der Waals surface area contributed by atoms with Gasteiger partial charge in [0.05, 0.1) is 18.0 Å². The van der Waals surface area contributed by atoms with Gasteiger partial charge >= 0.3 is 0 Å². The maximum absolute atomic E-state index is 12.8. The van der Waals surface area contributed by atoms with E-state index in [9.17, 15) is 4.79 Å². The van der Waals surface area contributed by atoms with Crippen molar-refractivity contribution in [2.75, 3.05) is 6.61 Å². The standard InChI is InChI=1S/C17H16N2O2S2/c20-16-13-9-14(11-5-2-1-3-6-11)23-15(13)18-17(22)19(16)10-12-7-4-8-21-12/h1-3,5-6,9,12H,4,7-8,10H2,(H,18,22). The van der Waals surface area contributed by atoms with Crippen LogP contribution in [0.1, 0.15) is 12.8 Å². The molecule has 1 saturated heterocycles. The Hall–Kier alpha value is -1.76. The Labute approximate surface area is 142 Å². The molecule has 1 aromatic carbocycles. The van der Waals surface area contributed by atoms with Crippen LogP contribution in [0.2, 0.25) is 0 Å². The molecule has 0 radical (unpaired) electrons. The number of H-pyrrole nitrogens is 1. The predicted molar refractivity (Wildman–Crippen MR) is 95.7 cm³/mol. The molecule has 0 spiro atoms. The van der Waals surface area contributed by atoms with Crippen LogP contribution in [0.25, 0.3) is 20.7 Å². The number of nitrogens with zero attached hydrogens (tertiary/aromatic N) is 1. The molecule has 0 amide bonds. The molecular formula is C17H16N2O2S2. The summed E-state index contributed by atoms with van der Waals surface area (Å²) in [6.07, 6.45) is 2.12. The highest BCUT2D eigenvalue weighted by atomic mass is 32.1. The lowest BCUT2D eigenvalue weighted by Gasteiger charge is -2.11. The van der Waals surface area contributed by atoms with Crippen LogP contribution in [0.4, 0.5) is 0 Å². The zero-order valence-corrected chi connectivity index (χ0v) is 14.1. The molecule has 4 nitrogen and oxygen atoms in total. The summed E-state index contributed by atoms with van der Waals surface area (Å²) in [4.78, 5) is 17.9. The Kier molecular flexibility index (Phi) is 3.88. The molecule has 3 heterocycles. The van der Waals surface area contributed by atoms with Gasteiger partial charge in [-0.05, 0) is 36.7 Å². The molecule has 1 atom stereocenters. The van der Waals surface area contributed by atoms with E-state index in [1.54, 1.807) is 15.9 Å². The average molecular weight is 344 g/mol. The number of rotatable bonds is 3. The minimum Gasteiger partial charge on any atom is -0.376 e. The molecule has 1 aliphatic rings. The number of hydrogen-bond donors (Lipinski definition) is 1. The van der Waals surface area contributed by atoms with Gasteiger partial charge in [0.2, 0.25) is 0 Å². The second kappa shape index (κ2) is 6.03. The smallest absolute Gasteiger partial charge is 0.263 e. The minimum atomic E-state index is -0.0299. The summed E-state index contributed by atoms with van der Waals surface area (Å²) in [6, 6.07) is 12.0. The van der Waals surface area contributed by atoms with Crippen molar-refractivity contribution in [2.24, 2.45) is 0 Å². The summed E-state index contributed by atoms with van der Waals surface area (Å²) in [5.74, 6) is 0. The summed E-state index contributed by atoms with van der Waals surface area (Å²) >= 11 is 6.95. The van der Waals surface area contributed by atoms with Crippen molar-refractivity contribution in [3.63, 3.8) is 0 Å². The first-order valence-corrected chi connectivity index (χ1v) is 8.88. The van der Waals surface area contributed by atoms with E-state index in [0.29, 0.717) is 16.7 Å². The van der Waals surface area contributed by atoms with Crippen LogP contribution in [-0.2, 0) is 11.3 Å². The number of aromatic amines is 1. The van der Waals surface area contributed by atoms with Crippen molar-refractivity contribution < 1.29 is 4.74 Å². The Morgan fingerprint density at radius 3 is 2.91 bits per heavy atom. The van der Waals surface area contributed by atoms with Crippen molar-refractivity contribution in [2.45, 2.75) is 25.5 Å². The first-order valence-electron chi connectivity index (χ1n) is 7.66. The summed E-state index contributed by atoms with van der Waals surface area (Å²) in [5.41, 5.74) is 1.08. The van der Waals surface area contributed by atoms with Gasteiger partial charge in [-0.25, -0.2) is 0 Å². The van der Waals surface area contributed by atoms with Crippen LogP contribution in [0.5, 0.6) is 0 Å². The topological polar surface area (TPSA) is 47.0 Å². The third-order valence-electron chi connectivity index (χ3n) is 4.14. The summed E-state index contributed by atoms with van der Waals surface area (Å²) in [5, 5.41) is 0.695. The lowest BCUT2D eigenvalue weighted by molar-refractivity contribution is 0.0957. The Bertz CT molecular complexity index is 950. The van der Waals surface area contributed by atoms with E-state index in [4.69, 9.17) is 17.0 Å². The highest BCUT2D eigenvalue weighted by Crippen LogP contribution is 2.30. The molecule has 1 unspecified atom stereocenters. The fourth-order valence-corrected chi connectivity index (χ4v) is 4.33. The summed E-state index contributed by atoms with van der Waals surface area (Å²) in [6.45, 7) is 1.30. The van der Waals surface area contributed by atoms with Gasteiger partial charge in [-0.1, -0.05) is 30.3 Å². The molecular weight excluding hydrogens is 328 g/mol. The van der Waals surface area contributed by atoms with Crippen LogP contribution in [0, 0.1) is 4.77 Å². The van der Waals surface area contributed by atoms with E-state index >= 15 is 0 Å². The van der Waals surface area contributed by atoms with Gasteiger partial charge in [0, 0.05) is 11.5 Å². The van der Waals surface area contributed by atoms with Crippen molar-refractivity contribution in [1.29, 1.82) is 0 Å². The molecule has 1 fully saturated rings. The van der Waals surface area contributed by atoms with Crippen LogP contribution < -0.4 is 5.56 Å². The first kappa shape index (κ1) is 14.8. The van der Waals surface area contributed by atoms with Gasteiger partial charge in [0.25, 0.3) is 5.56 Å². The normalized spacial score (nSPS) is 17.8. The second-order valence-corrected chi connectivity index (χ2v) is 7.14. The fourth-order valence-electron chi connectivity index (χ4n) is 2.95. The monoisotopic (exact) mass is 344 g/mol. The predicted octanol–water partition coefficient (Wildman–Crippen LogP) is 3.97. The number of thiophene rings is 1. The first-order chi connectivity index (χ1) is 11.2. The molecule has 1 aliphatic heterocycles. The fraction of sp³-hybridized carbons (Fsp3) is 0.294. The zero-order valence-electron chi connectivity index (χ0n) is 12.5. The van der Waals surface area contributed by atoms with Crippen LogP contribution >= 0.6 is 23.6 Å². The molecule has 6 heteroatoms. The third-order valence-corrected chi connectivity index (χ3v) is 5.56. The molecule has 0 aliphatic carbocycles. The van der Waals surface area contributed by atoms with Crippen LogP contribution in [-0.4, -0.2) is 22.3 Å². The molecule has 2 aromatic heterocycles. The maximum atomic E-state index is 12.8. The number of hydrogen-bond acceptors (Lipinski definition) is 4. The highest BCUT2D eigenvalue weighted by molar-refractivity contribution is 7.71. The minimum absolute atomic E-state index is 0.0299. The number of aromatic nitrogens is 2. The molecule has 3 aromatic rings. The highest BCUT2D eigenvalue weighted by Gasteiger charge is 2.18. The van der Waals surface area contributed by atoms with Gasteiger partial charge in [-0.2, -0.15) is 0 Å². The van der Waals surface area contributed by atoms with Gasteiger partial charge in [0.15, 0.2) is 4.77 Å². The number of benzene rings is 1. The zero-order chi connectivity index (χ0) is 15.8. The third kappa shape index (κ3) is 2.78. The average Bonchev–Trinajstić information content (AvgIpc) is 3.22. The Balaban J connectivity index is 1.81. The van der Waals surface area contributed by atoms with Crippen molar-refractivity contribution in [3.05, 3.63) is 51.5 Å². The van der Waals surface area contributed by atoms with Gasteiger partial charge in [0.1, 0.15) is 4.83 Å². The van der Waals surface area contributed by atoms with Gasteiger partial charge < -0.3 is 9.72 Å². The number of fused-ring (bicyclic) bond motifs is 1.